The van der Waals surface area contributed by atoms with Gasteiger partial charge in [-0.2, -0.15) is 0 Å². The summed E-state index contributed by atoms with van der Waals surface area (Å²) in [5.74, 6) is -0.912. The second-order valence-electron chi connectivity index (χ2n) is 5.53. The maximum absolute atomic E-state index is 13.4. The van der Waals surface area contributed by atoms with Crippen LogP contribution in [0.2, 0.25) is 0 Å². The number of nitrogens with zero attached hydrogens (tertiary/aromatic N) is 1. The first-order chi connectivity index (χ1) is 11.6. The van der Waals surface area contributed by atoms with Crippen LogP contribution < -0.4 is 15.0 Å². The Morgan fingerprint density at radius 2 is 1.88 bits per heavy atom. The minimum absolute atomic E-state index is 0.0288. The van der Waals surface area contributed by atoms with Gasteiger partial charge in [0.2, 0.25) is 5.91 Å². The van der Waals surface area contributed by atoms with Crippen molar-refractivity contribution in [2.45, 2.75) is 12.5 Å². The number of para-hydroxylation sites is 2. The maximum Gasteiger partial charge on any atom is 0.258 e. The molecule has 124 valence electrons. The number of amides is 2. The van der Waals surface area contributed by atoms with Crippen LogP contribution in [0.1, 0.15) is 6.42 Å². The molecule has 3 rings (SSSR count). The molecule has 0 aliphatic carbocycles. The molecule has 1 aliphatic heterocycles. The lowest BCUT2D eigenvalue weighted by atomic mass is 10.2. The molecule has 2 aromatic carbocycles. The molecule has 0 aromatic heterocycles. The molecule has 6 heteroatoms. The van der Waals surface area contributed by atoms with Crippen molar-refractivity contribution in [3.63, 3.8) is 0 Å². The molecule has 2 aromatic rings. The summed E-state index contributed by atoms with van der Waals surface area (Å²) in [7, 11) is 0. The van der Waals surface area contributed by atoms with Gasteiger partial charge in [-0.25, -0.2) is 4.39 Å². The van der Waals surface area contributed by atoms with E-state index in [9.17, 15) is 14.0 Å². The number of hydrogen-bond acceptors (Lipinski definition) is 3. The molecular weight excluding hydrogens is 311 g/mol. The summed E-state index contributed by atoms with van der Waals surface area (Å²) in [4.78, 5) is 25.7. The molecular formula is C18H17FN2O3. The third kappa shape index (κ3) is 3.71. The lowest BCUT2D eigenvalue weighted by Gasteiger charge is -2.17. The highest BCUT2D eigenvalue weighted by Crippen LogP contribution is 2.21. The van der Waals surface area contributed by atoms with Crippen molar-refractivity contribution in [2.75, 3.05) is 18.1 Å². The summed E-state index contributed by atoms with van der Waals surface area (Å²) >= 11 is 0. The van der Waals surface area contributed by atoms with E-state index in [1.54, 1.807) is 17.0 Å². The number of rotatable bonds is 5. The normalized spacial score (nSPS) is 17.0. The van der Waals surface area contributed by atoms with E-state index >= 15 is 0 Å². The van der Waals surface area contributed by atoms with Gasteiger partial charge < -0.3 is 15.0 Å². The van der Waals surface area contributed by atoms with Crippen LogP contribution >= 0.6 is 0 Å². The molecule has 1 heterocycles. The minimum atomic E-state index is -0.517. The van der Waals surface area contributed by atoms with Crippen LogP contribution in [0.25, 0.3) is 0 Å². The predicted molar refractivity (Wildman–Crippen MR) is 87.2 cm³/mol. The van der Waals surface area contributed by atoms with Crippen LogP contribution in [0.4, 0.5) is 10.1 Å². The molecule has 5 nitrogen and oxygen atoms in total. The van der Waals surface area contributed by atoms with Gasteiger partial charge in [-0.3, -0.25) is 9.59 Å². The highest BCUT2D eigenvalue weighted by atomic mass is 19.1. The number of carbonyl (C=O) groups is 2. The molecule has 1 atom stereocenters. The van der Waals surface area contributed by atoms with E-state index in [2.05, 4.69) is 5.32 Å². The fourth-order valence-corrected chi connectivity index (χ4v) is 2.64. The van der Waals surface area contributed by atoms with E-state index in [4.69, 9.17) is 4.74 Å². The van der Waals surface area contributed by atoms with E-state index in [0.29, 0.717) is 6.54 Å². The van der Waals surface area contributed by atoms with Crippen molar-refractivity contribution in [2.24, 2.45) is 0 Å². The van der Waals surface area contributed by atoms with Crippen molar-refractivity contribution < 1.29 is 18.7 Å². The number of ether oxygens (including phenoxy) is 1. The Balaban J connectivity index is 1.52. The standard InChI is InChI=1S/C18H17FN2O3/c19-15-8-4-5-9-16(15)24-12-17(22)20-13-10-18(23)21(11-13)14-6-2-1-3-7-14/h1-9,13H,10-12H2,(H,20,22)/t13-/m0/s1. The largest absolute Gasteiger partial charge is 0.481 e. The molecule has 2 amide bonds. The number of benzene rings is 2. The van der Waals surface area contributed by atoms with Gasteiger partial charge in [0.15, 0.2) is 18.2 Å². The molecule has 1 aliphatic rings. The third-order valence-corrected chi connectivity index (χ3v) is 3.75. The number of halogens is 1. The lowest BCUT2D eigenvalue weighted by molar-refractivity contribution is -0.123. The van der Waals surface area contributed by atoms with Gasteiger partial charge in [0.05, 0.1) is 6.04 Å². The van der Waals surface area contributed by atoms with Gasteiger partial charge in [0.25, 0.3) is 5.91 Å². The molecule has 24 heavy (non-hydrogen) atoms. The van der Waals surface area contributed by atoms with Gasteiger partial charge in [0.1, 0.15) is 0 Å². The van der Waals surface area contributed by atoms with Gasteiger partial charge in [-0.15, -0.1) is 0 Å². The fraction of sp³-hybridized carbons (Fsp3) is 0.222. The Morgan fingerprint density at radius 3 is 2.62 bits per heavy atom. The summed E-state index contributed by atoms with van der Waals surface area (Å²) < 4.78 is 18.6. The van der Waals surface area contributed by atoms with Crippen LogP contribution in [0.15, 0.2) is 54.6 Å². The zero-order valence-corrected chi connectivity index (χ0v) is 12.9. The average Bonchev–Trinajstić information content (AvgIpc) is 2.95. The first-order valence-corrected chi connectivity index (χ1v) is 7.65. The number of anilines is 1. The summed E-state index contributed by atoms with van der Waals surface area (Å²) in [6, 6.07) is 14.9. The van der Waals surface area contributed by atoms with Crippen molar-refractivity contribution in [3.05, 3.63) is 60.4 Å². The first-order valence-electron chi connectivity index (χ1n) is 7.65. The molecule has 0 spiro atoms. The summed E-state index contributed by atoms with van der Waals surface area (Å²) in [5, 5.41) is 2.75. The Bertz CT molecular complexity index is 736. The van der Waals surface area contributed by atoms with Gasteiger partial charge in [-0.1, -0.05) is 30.3 Å². The molecule has 0 saturated carbocycles. The fourth-order valence-electron chi connectivity index (χ4n) is 2.64. The van der Waals surface area contributed by atoms with Crippen LogP contribution in [0.5, 0.6) is 5.75 Å². The number of hydrogen-bond donors (Lipinski definition) is 1. The van der Waals surface area contributed by atoms with Crippen LogP contribution in [-0.2, 0) is 9.59 Å². The molecule has 1 N–H and O–H groups in total. The Labute approximate surface area is 139 Å². The summed E-state index contributed by atoms with van der Waals surface area (Å²) in [6.45, 7) is 0.116. The predicted octanol–water partition coefficient (Wildman–Crippen LogP) is 2.13. The molecule has 0 radical (unpaired) electrons. The van der Waals surface area contributed by atoms with Crippen molar-refractivity contribution >= 4 is 17.5 Å². The van der Waals surface area contributed by atoms with E-state index < -0.39 is 5.82 Å². The quantitative estimate of drug-likeness (QED) is 0.915. The van der Waals surface area contributed by atoms with Gasteiger partial charge in [-0.05, 0) is 24.3 Å². The Morgan fingerprint density at radius 1 is 1.17 bits per heavy atom. The smallest absolute Gasteiger partial charge is 0.258 e. The Kier molecular flexibility index (Phi) is 4.74. The number of nitrogens with one attached hydrogen (secondary N) is 1. The highest BCUT2D eigenvalue weighted by molar-refractivity contribution is 5.96. The zero-order chi connectivity index (χ0) is 16.9. The number of carbonyl (C=O) groups excluding carboxylic acids is 2. The van der Waals surface area contributed by atoms with Crippen LogP contribution in [0.3, 0.4) is 0 Å². The second kappa shape index (κ2) is 7.12. The average molecular weight is 328 g/mol. The SMILES string of the molecule is O=C(COc1ccccc1F)N[C@H]1CC(=O)N(c2ccccc2)C1. The maximum atomic E-state index is 13.4. The Hall–Kier alpha value is -2.89. The van der Waals surface area contributed by atoms with E-state index in [0.717, 1.165) is 5.69 Å². The van der Waals surface area contributed by atoms with Crippen molar-refractivity contribution in [1.29, 1.82) is 0 Å². The van der Waals surface area contributed by atoms with Gasteiger partial charge >= 0.3 is 0 Å². The monoisotopic (exact) mass is 328 g/mol. The first kappa shape index (κ1) is 16.0. The highest BCUT2D eigenvalue weighted by Gasteiger charge is 2.31. The van der Waals surface area contributed by atoms with Crippen molar-refractivity contribution in [3.8, 4) is 5.75 Å². The lowest BCUT2D eigenvalue weighted by Crippen LogP contribution is -2.39. The third-order valence-electron chi connectivity index (χ3n) is 3.75. The van der Waals surface area contributed by atoms with Crippen LogP contribution in [0, 0.1) is 5.82 Å². The summed E-state index contributed by atoms with van der Waals surface area (Å²) in [5.41, 5.74) is 0.807. The molecule has 1 fully saturated rings. The molecule has 0 bridgehead atoms. The molecule has 1 saturated heterocycles. The topological polar surface area (TPSA) is 58.6 Å². The minimum Gasteiger partial charge on any atom is -0.481 e. The summed E-state index contributed by atoms with van der Waals surface area (Å²) in [6.07, 6.45) is 0.236. The molecule has 0 unspecified atom stereocenters. The van der Waals surface area contributed by atoms with E-state index in [1.165, 1.54) is 12.1 Å². The zero-order valence-electron chi connectivity index (χ0n) is 12.9. The van der Waals surface area contributed by atoms with E-state index in [-0.39, 0.29) is 36.6 Å². The van der Waals surface area contributed by atoms with Crippen molar-refractivity contribution in [1.82, 2.24) is 5.32 Å². The van der Waals surface area contributed by atoms with Crippen LogP contribution in [-0.4, -0.2) is 31.0 Å². The second-order valence-corrected chi connectivity index (χ2v) is 5.53. The van der Waals surface area contributed by atoms with Gasteiger partial charge in [0, 0.05) is 18.7 Å². The van der Waals surface area contributed by atoms with E-state index in [1.807, 2.05) is 30.3 Å².